The zero-order valence-corrected chi connectivity index (χ0v) is 15.8. The quantitative estimate of drug-likeness (QED) is 0.438. The van der Waals surface area contributed by atoms with Crippen molar-refractivity contribution >= 4 is 22.6 Å². The molecule has 0 unspecified atom stereocenters. The molecule has 0 saturated carbocycles. The first-order valence-electron chi connectivity index (χ1n) is 8.48. The summed E-state index contributed by atoms with van der Waals surface area (Å²) < 4.78 is 6.12. The number of aliphatic imine (C=N–C) groups is 1. The Morgan fingerprint density at radius 2 is 1.62 bits per heavy atom. The molecule has 0 aliphatic carbocycles. The molecule has 26 heavy (non-hydrogen) atoms. The Bertz CT molecular complexity index is 864. The standard InChI is InChI=1S/C22H22N2OS/c1-17-10-9-15-20(21(17)25-19-13-7-4-8-14-19)24-22(26-2)23-16-18-11-5-3-6-12-18/h3-15H,16H2,1-2H3,(H,23,24). The third-order valence-corrected chi connectivity index (χ3v) is 4.48. The van der Waals surface area contributed by atoms with Gasteiger partial charge in [0, 0.05) is 0 Å². The molecule has 3 aromatic carbocycles. The molecule has 132 valence electrons. The minimum absolute atomic E-state index is 0.644. The van der Waals surface area contributed by atoms with Crippen molar-refractivity contribution in [3.63, 3.8) is 0 Å². The lowest BCUT2D eigenvalue weighted by Crippen LogP contribution is -2.09. The number of amidine groups is 1. The van der Waals surface area contributed by atoms with Gasteiger partial charge in [-0.1, -0.05) is 72.4 Å². The second kappa shape index (κ2) is 9.11. The number of hydrogen-bond acceptors (Lipinski definition) is 3. The molecule has 0 spiro atoms. The Morgan fingerprint density at radius 1 is 0.923 bits per heavy atom. The molecule has 4 heteroatoms. The molecule has 0 bridgehead atoms. The summed E-state index contributed by atoms with van der Waals surface area (Å²) in [5.74, 6) is 1.64. The highest BCUT2D eigenvalue weighted by atomic mass is 32.2. The van der Waals surface area contributed by atoms with Crippen LogP contribution >= 0.6 is 11.8 Å². The molecule has 3 rings (SSSR count). The summed E-state index contributed by atoms with van der Waals surface area (Å²) >= 11 is 1.59. The number of nitrogens with zero attached hydrogens (tertiary/aromatic N) is 1. The lowest BCUT2D eigenvalue weighted by Gasteiger charge is -2.16. The predicted molar refractivity (Wildman–Crippen MR) is 112 cm³/mol. The molecule has 3 aromatic rings. The Balaban J connectivity index is 1.80. The topological polar surface area (TPSA) is 33.6 Å². The molecule has 0 amide bonds. The second-order valence-electron chi connectivity index (χ2n) is 5.80. The van der Waals surface area contributed by atoms with E-state index in [4.69, 9.17) is 9.73 Å². The Kier molecular flexibility index (Phi) is 6.34. The second-order valence-corrected chi connectivity index (χ2v) is 6.60. The Hall–Kier alpha value is -2.72. The van der Waals surface area contributed by atoms with Crippen molar-refractivity contribution in [2.24, 2.45) is 4.99 Å². The van der Waals surface area contributed by atoms with Gasteiger partial charge in [0.25, 0.3) is 0 Å². The van der Waals surface area contributed by atoms with Crippen molar-refractivity contribution in [3.05, 3.63) is 90.0 Å². The molecular formula is C22H22N2OS. The van der Waals surface area contributed by atoms with Gasteiger partial charge in [-0.15, -0.1) is 0 Å². The normalized spacial score (nSPS) is 11.2. The zero-order valence-electron chi connectivity index (χ0n) is 15.0. The maximum absolute atomic E-state index is 6.12. The lowest BCUT2D eigenvalue weighted by molar-refractivity contribution is 0.481. The van der Waals surface area contributed by atoms with E-state index < -0.39 is 0 Å². The van der Waals surface area contributed by atoms with Gasteiger partial charge < -0.3 is 10.1 Å². The summed E-state index contributed by atoms with van der Waals surface area (Å²) in [6.07, 6.45) is 2.02. The fourth-order valence-electron chi connectivity index (χ4n) is 2.51. The number of ether oxygens (including phenoxy) is 1. The maximum atomic E-state index is 6.12. The summed E-state index contributed by atoms with van der Waals surface area (Å²) in [5.41, 5.74) is 3.17. The van der Waals surface area contributed by atoms with E-state index in [1.807, 2.05) is 79.9 Å². The first-order valence-corrected chi connectivity index (χ1v) is 9.70. The number of aryl methyl sites for hydroxylation is 1. The van der Waals surface area contributed by atoms with Crippen LogP contribution in [-0.2, 0) is 6.54 Å². The fourth-order valence-corrected chi connectivity index (χ4v) is 2.92. The highest BCUT2D eigenvalue weighted by Gasteiger charge is 2.10. The monoisotopic (exact) mass is 362 g/mol. The van der Waals surface area contributed by atoms with E-state index in [9.17, 15) is 0 Å². The minimum Gasteiger partial charge on any atom is -0.455 e. The molecule has 0 atom stereocenters. The van der Waals surface area contributed by atoms with Gasteiger partial charge >= 0.3 is 0 Å². The van der Waals surface area contributed by atoms with Crippen molar-refractivity contribution in [3.8, 4) is 11.5 Å². The molecule has 0 fully saturated rings. The molecule has 1 N–H and O–H groups in total. The van der Waals surface area contributed by atoms with Gasteiger partial charge in [-0.25, -0.2) is 0 Å². The zero-order chi connectivity index (χ0) is 18.2. The SMILES string of the molecule is CSC(=NCc1ccccc1)Nc1cccc(C)c1Oc1ccccc1. The molecule has 0 saturated heterocycles. The van der Waals surface area contributed by atoms with E-state index in [0.29, 0.717) is 6.54 Å². The summed E-state index contributed by atoms with van der Waals surface area (Å²) in [5, 5.41) is 4.28. The summed E-state index contributed by atoms with van der Waals surface area (Å²) in [6, 6.07) is 26.1. The van der Waals surface area contributed by atoms with Crippen LogP contribution in [0.25, 0.3) is 0 Å². The first kappa shape index (κ1) is 18.1. The van der Waals surface area contributed by atoms with Gasteiger partial charge in [0.2, 0.25) is 0 Å². The highest BCUT2D eigenvalue weighted by molar-refractivity contribution is 8.13. The predicted octanol–water partition coefficient (Wildman–Crippen LogP) is 6.12. The van der Waals surface area contributed by atoms with E-state index in [0.717, 1.165) is 27.9 Å². The average molecular weight is 362 g/mol. The third kappa shape index (κ3) is 4.90. The van der Waals surface area contributed by atoms with E-state index in [2.05, 4.69) is 17.4 Å². The van der Waals surface area contributed by atoms with Crippen LogP contribution in [0.1, 0.15) is 11.1 Å². The Labute approximate surface area is 159 Å². The van der Waals surface area contributed by atoms with E-state index in [-0.39, 0.29) is 0 Å². The number of rotatable bonds is 5. The van der Waals surface area contributed by atoms with Crippen molar-refractivity contribution in [1.82, 2.24) is 0 Å². The number of nitrogens with one attached hydrogen (secondary N) is 1. The molecule has 0 radical (unpaired) electrons. The number of benzene rings is 3. The van der Waals surface area contributed by atoms with Gasteiger partial charge in [0.15, 0.2) is 10.9 Å². The molecule has 0 heterocycles. The maximum Gasteiger partial charge on any atom is 0.161 e. The number of para-hydroxylation sites is 2. The van der Waals surface area contributed by atoms with Crippen LogP contribution in [0.2, 0.25) is 0 Å². The number of thioether (sulfide) groups is 1. The van der Waals surface area contributed by atoms with Crippen LogP contribution in [0.15, 0.2) is 83.9 Å². The van der Waals surface area contributed by atoms with E-state index >= 15 is 0 Å². The van der Waals surface area contributed by atoms with Gasteiger partial charge in [-0.3, -0.25) is 4.99 Å². The number of anilines is 1. The van der Waals surface area contributed by atoms with Gasteiger partial charge in [-0.2, -0.15) is 0 Å². The van der Waals surface area contributed by atoms with Crippen molar-refractivity contribution < 1.29 is 4.74 Å². The average Bonchev–Trinajstić information content (AvgIpc) is 2.69. The largest absolute Gasteiger partial charge is 0.455 e. The van der Waals surface area contributed by atoms with Crippen LogP contribution in [0.4, 0.5) is 5.69 Å². The van der Waals surface area contributed by atoms with Crippen LogP contribution in [0.3, 0.4) is 0 Å². The van der Waals surface area contributed by atoms with Crippen LogP contribution in [0.5, 0.6) is 11.5 Å². The number of hydrogen-bond donors (Lipinski definition) is 1. The van der Waals surface area contributed by atoms with Gasteiger partial charge in [0.05, 0.1) is 12.2 Å². The smallest absolute Gasteiger partial charge is 0.161 e. The van der Waals surface area contributed by atoms with Crippen molar-refractivity contribution in [2.45, 2.75) is 13.5 Å². The Morgan fingerprint density at radius 3 is 2.31 bits per heavy atom. The summed E-state index contributed by atoms with van der Waals surface area (Å²) in [4.78, 5) is 4.70. The molecular weight excluding hydrogens is 340 g/mol. The third-order valence-electron chi connectivity index (χ3n) is 3.86. The van der Waals surface area contributed by atoms with Crippen LogP contribution in [-0.4, -0.2) is 11.4 Å². The van der Waals surface area contributed by atoms with E-state index in [1.54, 1.807) is 11.8 Å². The lowest BCUT2D eigenvalue weighted by atomic mass is 10.2. The molecule has 0 aliphatic heterocycles. The van der Waals surface area contributed by atoms with Crippen LogP contribution < -0.4 is 10.1 Å². The molecule has 0 aromatic heterocycles. The van der Waals surface area contributed by atoms with Gasteiger partial charge in [0.1, 0.15) is 5.75 Å². The highest BCUT2D eigenvalue weighted by Crippen LogP contribution is 2.33. The van der Waals surface area contributed by atoms with Crippen LogP contribution in [0, 0.1) is 6.92 Å². The minimum atomic E-state index is 0.644. The van der Waals surface area contributed by atoms with Crippen molar-refractivity contribution in [1.29, 1.82) is 0 Å². The van der Waals surface area contributed by atoms with Crippen molar-refractivity contribution in [2.75, 3.05) is 11.6 Å². The first-order chi connectivity index (χ1) is 12.8. The molecule has 3 nitrogen and oxygen atoms in total. The summed E-state index contributed by atoms with van der Waals surface area (Å²) in [6.45, 7) is 2.69. The van der Waals surface area contributed by atoms with Gasteiger partial charge in [-0.05, 0) is 42.5 Å². The van der Waals surface area contributed by atoms with E-state index in [1.165, 1.54) is 5.56 Å². The fraction of sp³-hybridized carbons (Fsp3) is 0.136. The molecule has 0 aliphatic rings. The summed E-state index contributed by atoms with van der Waals surface area (Å²) in [7, 11) is 0.